The molecule has 0 radical (unpaired) electrons. The second-order valence-corrected chi connectivity index (χ2v) is 5.46. The largest absolute Gasteiger partial charge is 0.351 e. The first-order valence-corrected chi connectivity index (χ1v) is 7.19. The van der Waals surface area contributed by atoms with Crippen LogP contribution in [0.2, 0.25) is 0 Å². The zero-order valence-corrected chi connectivity index (χ0v) is 12.3. The normalized spacial score (nSPS) is 16.8. The molecule has 1 aliphatic heterocycles. The van der Waals surface area contributed by atoms with E-state index in [0.29, 0.717) is 6.42 Å². The van der Waals surface area contributed by atoms with E-state index in [0.717, 1.165) is 56.1 Å². The molecular formula is C15H25N3O. The Morgan fingerprint density at radius 3 is 2.58 bits per heavy atom. The van der Waals surface area contributed by atoms with E-state index in [1.165, 1.54) is 0 Å². The van der Waals surface area contributed by atoms with Gasteiger partial charge in [-0.3, -0.25) is 4.79 Å². The molecule has 0 atom stereocenters. The Balaban J connectivity index is 1.82. The molecule has 1 aromatic heterocycles. The highest BCUT2D eigenvalue weighted by Gasteiger charge is 2.15. The first-order valence-electron chi connectivity index (χ1n) is 7.19. The van der Waals surface area contributed by atoms with Gasteiger partial charge in [-0.25, -0.2) is 0 Å². The van der Waals surface area contributed by atoms with Crippen molar-refractivity contribution in [3.63, 3.8) is 0 Å². The van der Waals surface area contributed by atoms with E-state index >= 15 is 0 Å². The Hall–Kier alpha value is -1.13. The summed E-state index contributed by atoms with van der Waals surface area (Å²) in [5.74, 6) is 0.288. The summed E-state index contributed by atoms with van der Waals surface area (Å²) in [4.78, 5) is 14.7. The zero-order chi connectivity index (χ0) is 13.8. The fourth-order valence-electron chi connectivity index (χ4n) is 2.67. The Morgan fingerprint density at radius 1 is 1.32 bits per heavy atom. The third-order valence-corrected chi connectivity index (χ3v) is 4.16. The number of rotatable bonds is 5. The van der Waals surface area contributed by atoms with Crippen molar-refractivity contribution in [2.24, 2.45) is 7.05 Å². The quantitative estimate of drug-likeness (QED) is 0.818. The summed E-state index contributed by atoms with van der Waals surface area (Å²) in [5, 5.41) is 3.34. The summed E-state index contributed by atoms with van der Waals surface area (Å²) in [6.07, 6.45) is 1.63. The molecule has 1 aliphatic rings. The monoisotopic (exact) mass is 263 g/mol. The lowest BCUT2D eigenvalue weighted by molar-refractivity contribution is 0.0973. The topological polar surface area (TPSA) is 37.3 Å². The number of hydrogen-bond donors (Lipinski definition) is 1. The van der Waals surface area contributed by atoms with Gasteiger partial charge in [-0.1, -0.05) is 0 Å². The molecule has 0 saturated carbocycles. The Kier molecular flexibility index (Phi) is 4.77. The highest BCUT2D eigenvalue weighted by Crippen LogP contribution is 2.16. The van der Waals surface area contributed by atoms with Crippen molar-refractivity contribution in [2.45, 2.75) is 26.7 Å². The van der Waals surface area contributed by atoms with Crippen LogP contribution in [0.4, 0.5) is 0 Å². The number of carbonyl (C=O) groups excluding carboxylic acids is 1. The second-order valence-electron chi connectivity index (χ2n) is 5.46. The number of hydrogen-bond acceptors (Lipinski definition) is 3. The minimum atomic E-state index is 0.288. The number of ketones is 1. The van der Waals surface area contributed by atoms with E-state index in [1.54, 1.807) is 0 Å². The van der Waals surface area contributed by atoms with Gasteiger partial charge in [-0.05, 0) is 32.9 Å². The molecule has 1 fully saturated rings. The maximum atomic E-state index is 12.2. The molecule has 19 heavy (non-hydrogen) atoms. The molecule has 106 valence electrons. The van der Waals surface area contributed by atoms with Gasteiger partial charge < -0.3 is 14.8 Å². The van der Waals surface area contributed by atoms with Crippen molar-refractivity contribution in [1.29, 1.82) is 0 Å². The summed E-state index contributed by atoms with van der Waals surface area (Å²) in [7, 11) is 2.02. The SMILES string of the molecule is Cc1cc(C(=O)CCCN2CCNCC2)c(C)n1C. The summed E-state index contributed by atoms with van der Waals surface area (Å²) < 4.78 is 2.09. The number of Topliss-reactive ketones (excluding diaryl/α,β-unsaturated/α-hetero) is 1. The van der Waals surface area contributed by atoms with Gasteiger partial charge in [0.2, 0.25) is 0 Å². The van der Waals surface area contributed by atoms with E-state index in [4.69, 9.17) is 0 Å². The van der Waals surface area contributed by atoms with Crippen LogP contribution in [0.3, 0.4) is 0 Å². The molecule has 1 saturated heterocycles. The van der Waals surface area contributed by atoms with E-state index < -0.39 is 0 Å². The van der Waals surface area contributed by atoms with Crippen LogP contribution in [-0.4, -0.2) is 48.0 Å². The Morgan fingerprint density at radius 2 is 2.00 bits per heavy atom. The maximum Gasteiger partial charge on any atom is 0.164 e. The Bertz CT molecular complexity index is 444. The standard InChI is InChI=1S/C15H25N3O/c1-12-11-14(13(2)17(12)3)15(19)5-4-8-18-9-6-16-7-10-18/h11,16H,4-10H2,1-3H3. The van der Waals surface area contributed by atoms with Crippen molar-refractivity contribution in [3.8, 4) is 0 Å². The molecule has 2 rings (SSSR count). The summed E-state index contributed by atoms with van der Waals surface area (Å²) in [6, 6.07) is 2.02. The Labute approximate surface area is 115 Å². The van der Waals surface area contributed by atoms with Crippen molar-refractivity contribution in [2.75, 3.05) is 32.7 Å². The van der Waals surface area contributed by atoms with E-state index in [9.17, 15) is 4.79 Å². The molecule has 0 unspecified atom stereocenters. The number of aryl methyl sites for hydroxylation is 1. The molecule has 1 aromatic rings. The van der Waals surface area contributed by atoms with Gasteiger partial charge in [-0.2, -0.15) is 0 Å². The fourth-order valence-corrected chi connectivity index (χ4v) is 2.67. The molecule has 0 bridgehead atoms. The van der Waals surface area contributed by atoms with Crippen LogP contribution in [0.5, 0.6) is 0 Å². The second kappa shape index (κ2) is 6.35. The zero-order valence-electron chi connectivity index (χ0n) is 12.3. The first-order chi connectivity index (χ1) is 9.09. The molecule has 4 heteroatoms. The van der Waals surface area contributed by atoms with Crippen molar-refractivity contribution < 1.29 is 4.79 Å². The predicted octanol–water partition coefficient (Wildman–Crippen LogP) is 1.51. The lowest BCUT2D eigenvalue weighted by Gasteiger charge is -2.26. The molecule has 2 heterocycles. The van der Waals surface area contributed by atoms with Crippen LogP contribution in [-0.2, 0) is 7.05 Å². The van der Waals surface area contributed by atoms with E-state index in [-0.39, 0.29) is 5.78 Å². The molecule has 1 N–H and O–H groups in total. The molecule has 0 aromatic carbocycles. The molecule has 4 nitrogen and oxygen atoms in total. The number of nitrogens with zero attached hydrogens (tertiary/aromatic N) is 2. The van der Waals surface area contributed by atoms with Gasteiger partial charge in [0.05, 0.1) is 0 Å². The highest BCUT2D eigenvalue weighted by molar-refractivity contribution is 5.97. The van der Waals surface area contributed by atoms with Gasteiger partial charge >= 0.3 is 0 Å². The highest BCUT2D eigenvalue weighted by atomic mass is 16.1. The molecule has 0 spiro atoms. The number of aromatic nitrogens is 1. The van der Waals surface area contributed by atoms with Gasteiger partial charge in [0, 0.05) is 56.6 Å². The van der Waals surface area contributed by atoms with Crippen LogP contribution in [0.15, 0.2) is 6.07 Å². The van der Waals surface area contributed by atoms with Crippen molar-refractivity contribution >= 4 is 5.78 Å². The lowest BCUT2D eigenvalue weighted by atomic mass is 10.1. The van der Waals surface area contributed by atoms with Crippen LogP contribution < -0.4 is 5.32 Å². The van der Waals surface area contributed by atoms with Crippen LogP contribution in [0.25, 0.3) is 0 Å². The summed E-state index contributed by atoms with van der Waals surface area (Å²) in [6.45, 7) is 9.48. The average Bonchev–Trinajstić information content (AvgIpc) is 2.68. The molecule has 0 amide bonds. The van der Waals surface area contributed by atoms with Gasteiger partial charge in [0.25, 0.3) is 0 Å². The van der Waals surface area contributed by atoms with E-state index in [2.05, 4.69) is 14.8 Å². The fraction of sp³-hybridized carbons (Fsp3) is 0.667. The van der Waals surface area contributed by atoms with Gasteiger partial charge in [0.15, 0.2) is 5.78 Å². The minimum absolute atomic E-state index is 0.288. The van der Waals surface area contributed by atoms with Gasteiger partial charge in [-0.15, -0.1) is 0 Å². The lowest BCUT2D eigenvalue weighted by Crippen LogP contribution is -2.43. The minimum Gasteiger partial charge on any atom is -0.351 e. The van der Waals surface area contributed by atoms with Gasteiger partial charge in [0.1, 0.15) is 0 Å². The predicted molar refractivity (Wildman–Crippen MR) is 77.8 cm³/mol. The molecular weight excluding hydrogens is 238 g/mol. The first kappa shape index (κ1) is 14.3. The van der Waals surface area contributed by atoms with E-state index in [1.807, 2.05) is 27.0 Å². The smallest absolute Gasteiger partial charge is 0.164 e. The average molecular weight is 263 g/mol. The van der Waals surface area contributed by atoms with Crippen LogP contribution >= 0.6 is 0 Å². The summed E-state index contributed by atoms with van der Waals surface area (Å²) in [5.41, 5.74) is 3.15. The van der Waals surface area contributed by atoms with Crippen molar-refractivity contribution in [3.05, 3.63) is 23.0 Å². The third-order valence-electron chi connectivity index (χ3n) is 4.16. The van der Waals surface area contributed by atoms with Crippen molar-refractivity contribution in [1.82, 2.24) is 14.8 Å². The number of nitrogens with one attached hydrogen (secondary N) is 1. The van der Waals surface area contributed by atoms with Crippen LogP contribution in [0.1, 0.15) is 34.6 Å². The third kappa shape index (κ3) is 3.45. The van der Waals surface area contributed by atoms with Crippen LogP contribution in [0, 0.1) is 13.8 Å². The number of carbonyl (C=O) groups is 1. The summed E-state index contributed by atoms with van der Waals surface area (Å²) >= 11 is 0. The maximum absolute atomic E-state index is 12.2. The molecule has 0 aliphatic carbocycles. The number of piperazine rings is 1.